The second-order valence-electron chi connectivity index (χ2n) is 9.79. The topological polar surface area (TPSA) is 79.3 Å². The van der Waals surface area contributed by atoms with Crippen LogP contribution in [-0.2, 0) is 0 Å². The summed E-state index contributed by atoms with van der Waals surface area (Å²) < 4.78 is 6.11. The van der Waals surface area contributed by atoms with Crippen molar-refractivity contribution < 1.29 is 4.74 Å². The molecular weight excluding hydrogens is 458 g/mol. The molecule has 1 aliphatic carbocycles. The van der Waals surface area contributed by atoms with E-state index >= 15 is 0 Å². The fraction of sp³-hybridized carbons (Fsp3) is 0.538. The van der Waals surface area contributed by atoms with Gasteiger partial charge in [0.25, 0.3) is 0 Å². The molecule has 1 aliphatic heterocycles. The van der Waals surface area contributed by atoms with Crippen LogP contribution in [0.5, 0.6) is 6.01 Å². The van der Waals surface area contributed by atoms with Gasteiger partial charge >= 0.3 is 6.01 Å². The molecule has 0 bridgehead atoms. The number of anilines is 3. The van der Waals surface area contributed by atoms with Crippen molar-refractivity contribution in [2.45, 2.75) is 64.0 Å². The van der Waals surface area contributed by atoms with Gasteiger partial charge in [0.05, 0.1) is 22.5 Å². The predicted octanol–water partition coefficient (Wildman–Crippen LogP) is 5.29. The van der Waals surface area contributed by atoms with Crippen LogP contribution in [0.2, 0.25) is 0 Å². The number of pyridine rings is 1. The Kier molecular flexibility index (Phi) is 7.43. The summed E-state index contributed by atoms with van der Waals surface area (Å²) >= 11 is 1.56. The fourth-order valence-corrected chi connectivity index (χ4v) is 5.68. The molecule has 35 heavy (non-hydrogen) atoms. The first-order valence-corrected chi connectivity index (χ1v) is 13.5. The lowest BCUT2D eigenvalue weighted by molar-refractivity contribution is 0.142. The van der Waals surface area contributed by atoms with Gasteiger partial charge in [-0.1, -0.05) is 17.8 Å². The second-order valence-corrected chi connectivity index (χ2v) is 10.8. The molecule has 1 saturated heterocycles. The van der Waals surface area contributed by atoms with E-state index < -0.39 is 0 Å². The molecule has 0 atom stereocenters. The minimum atomic E-state index is 0.227. The van der Waals surface area contributed by atoms with E-state index in [0.717, 1.165) is 53.1 Å². The molecule has 0 amide bonds. The van der Waals surface area contributed by atoms with E-state index in [2.05, 4.69) is 55.2 Å². The summed E-state index contributed by atoms with van der Waals surface area (Å²) in [7, 11) is 4.34. The van der Waals surface area contributed by atoms with E-state index in [9.17, 15) is 0 Å². The molecule has 0 radical (unpaired) electrons. The Morgan fingerprint density at radius 3 is 2.51 bits per heavy atom. The highest BCUT2D eigenvalue weighted by Crippen LogP contribution is 2.31. The Labute approximate surface area is 211 Å². The van der Waals surface area contributed by atoms with Gasteiger partial charge in [-0.15, -0.1) is 0 Å². The SMILES string of the molecule is Cc1cc(-c2cnc(Nc3ccc(N4CCC(N(C)C)CC4)cn3)s2)nc(OC2CCCCC2)n1. The molecule has 4 heterocycles. The number of aromatic nitrogens is 4. The van der Waals surface area contributed by atoms with Crippen LogP contribution in [0.3, 0.4) is 0 Å². The quantitative estimate of drug-likeness (QED) is 0.476. The van der Waals surface area contributed by atoms with Gasteiger partial charge in [-0.05, 0) is 77.7 Å². The minimum absolute atomic E-state index is 0.227. The van der Waals surface area contributed by atoms with Gasteiger partial charge in [0, 0.05) is 31.0 Å². The van der Waals surface area contributed by atoms with Crippen LogP contribution in [0.25, 0.3) is 10.6 Å². The van der Waals surface area contributed by atoms with Gasteiger partial charge in [-0.3, -0.25) is 0 Å². The number of nitrogens with zero attached hydrogens (tertiary/aromatic N) is 6. The van der Waals surface area contributed by atoms with Crippen molar-refractivity contribution in [3.8, 4) is 16.6 Å². The molecule has 2 aliphatic rings. The lowest BCUT2D eigenvalue weighted by Gasteiger charge is -2.36. The molecule has 1 saturated carbocycles. The van der Waals surface area contributed by atoms with Crippen molar-refractivity contribution in [3.63, 3.8) is 0 Å². The third-order valence-corrected chi connectivity index (χ3v) is 7.89. The van der Waals surface area contributed by atoms with E-state index in [1.807, 2.05) is 31.5 Å². The molecule has 8 nitrogen and oxygen atoms in total. The lowest BCUT2D eigenvalue weighted by Crippen LogP contribution is -2.42. The predicted molar refractivity (Wildman–Crippen MR) is 142 cm³/mol. The molecule has 1 N–H and O–H groups in total. The number of rotatable bonds is 7. The normalized spacial score (nSPS) is 17.7. The summed E-state index contributed by atoms with van der Waals surface area (Å²) in [5, 5.41) is 4.13. The summed E-state index contributed by atoms with van der Waals surface area (Å²) in [6.07, 6.45) is 12.3. The van der Waals surface area contributed by atoms with Crippen LogP contribution < -0.4 is 15.0 Å². The van der Waals surface area contributed by atoms with Crippen molar-refractivity contribution in [3.05, 3.63) is 36.3 Å². The van der Waals surface area contributed by atoms with Crippen molar-refractivity contribution in [1.29, 1.82) is 0 Å². The molecule has 0 aromatic carbocycles. The highest BCUT2D eigenvalue weighted by molar-refractivity contribution is 7.18. The minimum Gasteiger partial charge on any atom is -0.460 e. The van der Waals surface area contributed by atoms with Gasteiger partial charge in [0.2, 0.25) is 0 Å². The number of nitrogens with one attached hydrogen (secondary N) is 1. The van der Waals surface area contributed by atoms with Crippen LogP contribution in [0.1, 0.15) is 50.6 Å². The Bertz CT molecular complexity index is 1100. The van der Waals surface area contributed by atoms with Crippen molar-refractivity contribution in [2.75, 3.05) is 37.4 Å². The summed E-state index contributed by atoms with van der Waals surface area (Å²) in [4.78, 5) is 24.1. The molecule has 3 aromatic heterocycles. The van der Waals surface area contributed by atoms with Crippen LogP contribution in [-0.4, -0.2) is 64.2 Å². The molecule has 5 rings (SSSR count). The molecule has 3 aromatic rings. The largest absolute Gasteiger partial charge is 0.460 e. The summed E-state index contributed by atoms with van der Waals surface area (Å²) in [6, 6.07) is 7.30. The fourth-order valence-electron chi connectivity index (χ4n) is 4.90. The maximum absolute atomic E-state index is 6.11. The van der Waals surface area contributed by atoms with Crippen molar-refractivity contribution in [1.82, 2.24) is 24.8 Å². The zero-order valence-electron chi connectivity index (χ0n) is 20.9. The van der Waals surface area contributed by atoms with E-state index in [0.29, 0.717) is 12.1 Å². The summed E-state index contributed by atoms with van der Waals surface area (Å²) in [5.41, 5.74) is 2.92. The average Bonchev–Trinajstić information content (AvgIpc) is 3.33. The molecule has 0 spiro atoms. The molecule has 0 unspecified atom stereocenters. The zero-order valence-corrected chi connectivity index (χ0v) is 21.7. The van der Waals surface area contributed by atoms with Crippen molar-refractivity contribution >= 4 is 28.0 Å². The number of hydrogen-bond acceptors (Lipinski definition) is 9. The summed E-state index contributed by atoms with van der Waals surface area (Å²) in [5.74, 6) is 0.790. The molecule has 9 heteroatoms. The number of hydrogen-bond donors (Lipinski definition) is 1. The van der Waals surface area contributed by atoms with Gasteiger partial charge in [0.15, 0.2) is 5.13 Å². The standard InChI is InChI=1S/C26H35N7OS/c1-18-15-22(30-25(29-18)34-21-7-5-4-6-8-21)23-17-28-26(35-23)31-24-10-9-20(16-27-24)33-13-11-19(12-14-33)32(2)3/h9-10,15-17,19,21H,4-8,11-14H2,1-3H3,(H,27,28,31). The van der Waals surface area contributed by atoms with Gasteiger partial charge in [0.1, 0.15) is 11.9 Å². The first kappa shape index (κ1) is 23.9. The maximum Gasteiger partial charge on any atom is 0.317 e. The van der Waals surface area contributed by atoms with Crippen LogP contribution in [0.4, 0.5) is 16.6 Å². The first-order valence-electron chi connectivity index (χ1n) is 12.7. The Morgan fingerprint density at radius 2 is 1.80 bits per heavy atom. The summed E-state index contributed by atoms with van der Waals surface area (Å²) in [6.45, 7) is 4.11. The van der Waals surface area contributed by atoms with Crippen LogP contribution in [0, 0.1) is 6.92 Å². The highest BCUT2D eigenvalue weighted by Gasteiger charge is 2.21. The second kappa shape index (κ2) is 10.9. The van der Waals surface area contributed by atoms with Crippen LogP contribution in [0.15, 0.2) is 30.6 Å². The third kappa shape index (κ3) is 6.08. The number of aryl methyl sites for hydroxylation is 1. The van der Waals surface area contributed by atoms with E-state index in [4.69, 9.17) is 4.74 Å². The highest BCUT2D eigenvalue weighted by atomic mass is 32.1. The average molecular weight is 494 g/mol. The Hall–Kier alpha value is -2.78. The number of thiazole rings is 1. The molecule has 186 valence electrons. The van der Waals surface area contributed by atoms with Gasteiger partial charge in [-0.25, -0.2) is 15.0 Å². The van der Waals surface area contributed by atoms with Gasteiger partial charge < -0.3 is 19.9 Å². The number of ether oxygens (including phenoxy) is 1. The van der Waals surface area contributed by atoms with E-state index in [-0.39, 0.29) is 6.10 Å². The van der Waals surface area contributed by atoms with Crippen LogP contribution >= 0.6 is 11.3 Å². The molecule has 2 fully saturated rings. The lowest BCUT2D eigenvalue weighted by atomic mass is 9.98. The third-order valence-electron chi connectivity index (χ3n) is 6.96. The Balaban J connectivity index is 1.21. The van der Waals surface area contributed by atoms with Gasteiger partial charge in [-0.2, -0.15) is 4.98 Å². The maximum atomic E-state index is 6.11. The Morgan fingerprint density at radius 1 is 1.00 bits per heavy atom. The smallest absolute Gasteiger partial charge is 0.317 e. The molecular formula is C26H35N7OS. The van der Waals surface area contributed by atoms with E-state index in [1.165, 1.54) is 37.8 Å². The zero-order chi connectivity index (χ0) is 24.2. The van der Waals surface area contributed by atoms with Crippen molar-refractivity contribution in [2.24, 2.45) is 0 Å². The number of piperidine rings is 1. The van der Waals surface area contributed by atoms with E-state index in [1.54, 1.807) is 11.3 Å². The first-order chi connectivity index (χ1) is 17.0. The monoisotopic (exact) mass is 493 g/mol.